The first-order valence-corrected chi connectivity index (χ1v) is 4.08. The first-order chi connectivity index (χ1) is 6.99. The predicted octanol–water partition coefficient (Wildman–Crippen LogP) is 2.02. The summed E-state index contributed by atoms with van der Waals surface area (Å²) in [5.41, 5.74) is -0.296. The van der Waals surface area contributed by atoms with Crippen LogP contribution in [0, 0.1) is 0 Å². The van der Waals surface area contributed by atoms with Gasteiger partial charge in [0.1, 0.15) is 5.69 Å². The second-order valence-corrected chi connectivity index (χ2v) is 2.65. The summed E-state index contributed by atoms with van der Waals surface area (Å²) in [5, 5.41) is 0. The molecule has 0 spiro atoms. The van der Waals surface area contributed by atoms with Crippen molar-refractivity contribution in [2.45, 2.75) is 6.92 Å². The first-order valence-electron chi connectivity index (χ1n) is 4.79. The number of esters is 1. The largest absolute Gasteiger partial charge is 0.461 e. The van der Waals surface area contributed by atoms with Crippen LogP contribution in [0.15, 0.2) is 22.7 Å². The van der Waals surface area contributed by atoms with Gasteiger partial charge in [-0.05, 0) is 34.9 Å². The van der Waals surface area contributed by atoms with Gasteiger partial charge in [-0.25, -0.2) is 9.78 Å². The van der Waals surface area contributed by atoms with Gasteiger partial charge in [0.25, 0.3) is 0 Å². The lowest BCUT2D eigenvalue weighted by Crippen LogP contribution is -2.06. The van der Waals surface area contributed by atoms with Crippen LogP contribution in [-0.2, 0) is 4.74 Å². The fraction of sp³-hybridized carbons (Fsp3) is 0.250. The fourth-order valence-electron chi connectivity index (χ4n) is 0.571. The molecule has 0 saturated heterocycles. The average molecular weight is 233 g/mol. The van der Waals surface area contributed by atoms with Crippen molar-refractivity contribution in [1.29, 1.82) is 0 Å². The van der Waals surface area contributed by atoms with Crippen LogP contribution >= 0.6 is 15.9 Å². The molecule has 4 heteroatoms. The van der Waals surface area contributed by atoms with E-state index in [1.807, 2.05) is 0 Å². The van der Waals surface area contributed by atoms with E-state index < -0.39 is 5.97 Å². The smallest absolute Gasteiger partial charge is 0.356 e. The van der Waals surface area contributed by atoms with Crippen molar-refractivity contribution < 1.29 is 13.6 Å². The molecule has 1 heterocycles. The van der Waals surface area contributed by atoms with E-state index in [0.29, 0.717) is 0 Å². The van der Waals surface area contributed by atoms with E-state index in [9.17, 15) is 4.79 Å². The molecular weight excluding hydrogens is 222 g/mol. The molecule has 0 aliphatic rings. The van der Waals surface area contributed by atoms with E-state index in [2.05, 4.69) is 25.7 Å². The van der Waals surface area contributed by atoms with E-state index in [1.165, 1.54) is 0 Å². The molecule has 0 fully saturated rings. The zero-order chi connectivity index (χ0) is 11.6. The number of halogens is 1. The van der Waals surface area contributed by atoms with Gasteiger partial charge >= 0.3 is 5.97 Å². The number of hydrogen-bond donors (Lipinski definition) is 0. The van der Waals surface area contributed by atoms with Crippen LogP contribution < -0.4 is 0 Å². The maximum absolute atomic E-state index is 11.3. The van der Waals surface area contributed by atoms with Crippen molar-refractivity contribution in [2.24, 2.45) is 0 Å². The zero-order valence-corrected chi connectivity index (χ0v) is 7.93. The third-order valence-corrected chi connectivity index (χ3v) is 1.40. The van der Waals surface area contributed by atoms with Crippen LogP contribution in [0.3, 0.4) is 0 Å². The Morgan fingerprint density at radius 2 is 2.58 bits per heavy atom. The molecular formula is C8H8BrNO2. The summed E-state index contributed by atoms with van der Waals surface area (Å²) in [6.45, 7) is 1.79. The van der Waals surface area contributed by atoms with Crippen LogP contribution in [0.1, 0.15) is 21.5 Å². The molecule has 1 rings (SSSR count). The van der Waals surface area contributed by atoms with Gasteiger partial charge in [0.15, 0.2) is 0 Å². The van der Waals surface area contributed by atoms with Crippen LogP contribution in [0.2, 0.25) is 0 Å². The zero-order valence-electron chi connectivity index (χ0n) is 9.35. The number of nitrogens with zero attached hydrogens (tertiary/aromatic N) is 1. The summed E-state index contributed by atoms with van der Waals surface area (Å²) >= 11 is 2.94. The predicted molar refractivity (Wildman–Crippen MR) is 47.9 cm³/mol. The van der Waals surface area contributed by atoms with Gasteiger partial charge in [-0.1, -0.05) is 0 Å². The topological polar surface area (TPSA) is 39.2 Å². The summed E-state index contributed by atoms with van der Waals surface area (Å²) in [6, 6.07) is -0.575. The Kier molecular flexibility index (Phi) is 2.00. The molecule has 0 radical (unpaired) electrons. The average Bonchev–Trinajstić information content (AvgIpc) is 2.20. The van der Waals surface area contributed by atoms with Crippen molar-refractivity contribution >= 4 is 21.9 Å². The molecule has 0 amide bonds. The van der Waals surface area contributed by atoms with Gasteiger partial charge < -0.3 is 4.74 Å². The van der Waals surface area contributed by atoms with Gasteiger partial charge in [0.05, 0.1) is 10.7 Å². The Labute approximate surface area is 83.1 Å². The molecule has 0 aromatic carbocycles. The SMILES string of the molecule is [2H]c1nc(C(=O)OCC)c([2H])c([2H])c1Br. The number of carbonyl (C=O) groups excluding carboxylic acids is 1. The lowest BCUT2D eigenvalue weighted by molar-refractivity contribution is 0.0519. The monoisotopic (exact) mass is 232 g/mol. The minimum atomic E-state index is -0.781. The molecule has 0 aliphatic carbocycles. The number of ether oxygens (including phenoxy) is 1. The second kappa shape index (κ2) is 4.21. The number of pyridine rings is 1. The molecule has 0 saturated carbocycles. The Bertz CT molecular complexity index is 411. The van der Waals surface area contributed by atoms with Crippen LogP contribution in [0.25, 0.3) is 0 Å². The van der Waals surface area contributed by atoms with E-state index in [4.69, 9.17) is 4.11 Å². The Morgan fingerprint density at radius 1 is 1.83 bits per heavy atom. The van der Waals surface area contributed by atoms with Crippen LogP contribution in [0.5, 0.6) is 0 Å². The summed E-state index contributed by atoms with van der Waals surface area (Å²) in [7, 11) is 0. The fourth-order valence-corrected chi connectivity index (χ4v) is 0.759. The highest BCUT2D eigenvalue weighted by molar-refractivity contribution is 9.10. The normalized spacial score (nSPS) is 13.0. The highest BCUT2D eigenvalue weighted by Crippen LogP contribution is 2.07. The van der Waals surface area contributed by atoms with Crippen molar-refractivity contribution in [3.63, 3.8) is 0 Å². The van der Waals surface area contributed by atoms with Crippen molar-refractivity contribution in [3.8, 4) is 0 Å². The summed E-state index contributed by atoms with van der Waals surface area (Å²) in [4.78, 5) is 14.9. The van der Waals surface area contributed by atoms with Crippen molar-refractivity contribution in [1.82, 2.24) is 4.98 Å². The maximum Gasteiger partial charge on any atom is 0.356 e. The molecule has 0 atom stereocenters. The van der Waals surface area contributed by atoms with Gasteiger partial charge in [0, 0.05) is 10.6 Å². The van der Waals surface area contributed by atoms with Crippen LogP contribution in [-0.4, -0.2) is 17.6 Å². The highest BCUT2D eigenvalue weighted by Gasteiger charge is 2.05. The van der Waals surface area contributed by atoms with Gasteiger partial charge in [-0.3, -0.25) is 0 Å². The molecule has 0 N–H and O–H groups in total. The molecule has 3 nitrogen and oxygen atoms in total. The maximum atomic E-state index is 11.3. The minimum absolute atomic E-state index is 0.0977. The number of carbonyl (C=O) groups is 1. The van der Waals surface area contributed by atoms with Gasteiger partial charge in [0.2, 0.25) is 0 Å². The third-order valence-electron chi connectivity index (χ3n) is 1.03. The summed E-state index contributed by atoms with van der Waals surface area (Å²) < 4.78 is 27.0. The molecule has 0 aliphatic heterocycles. The van der Waals surface area contributed by atoms with E-state index >= 15 is 0 Å². The Hall–Kier alpha value is -0.900. The van der Waals surface area contributed by atoms with Gasteiger partial charge in [-0.2, -0.15) is 0 Å². The minimum Gasteiger partial charge on any atom is -0.461 e. The van der Waals surface area contributed by atoms with Crippen molar-refractivity contribution in [3.05, 3.63) is 28.4 Å². The lowest BCUT2D eigenvalue weighted by atomic mass is 10.3. The number of aromatic nitrogens is 1. The van der Waals surface area contributed by atoms with E-state index in [0.717, 1.165) is 0 Å². The van der Waals surface area contributed by atoms with Crippen LogP contribution in [0.4, 0.5) is 0 Å². The molecule has 1 aromatic rings. The summed E-state index contributed by atoms with van der Waals surface area (Å²) in [6.07, 6.45) is -0.251. The quantitative estimate of drug-likeness (QED) is 0.733. The van der Waals surface area contributed by atoms with E-state index in [-0.39, 0.29) is 35.0 Å². The highest BCUT2D eigenvalue weighted by atomic mass is 79.9. The molecule has 12 heavy (non-hydrogen) atoms. The molecule has 1 aromatic heterocycles. The molecule has 64 valence electrons. The molecule has 0 unspecified atom stereocenters. The second-order valence-electron chi connectivity index (χ2n) is 1.86. The molecule has 0 bridgehead atoms. The third kappa shape index (κ3) is 2.30. The first kappa shape index (κ1) is 5.70. The number of rotatable bonds is 2. The van der Waals surface area contributed by atoms with Crippen molar-refractivity contribution in [2.75, 3.05) is 6.61 Å². The number of hydrogen-bond acceptors (Lipinski definition) is 3. The summed E-state index contributed by atoms with van der Waals surface area (Å²) in [5.74, 6) is -0.781. The Balaban J connectivity index is 3.26. The Morgan fingerprint density at radius 3 is 3.25 bits per heavy atom. The van der Waals surface area contributed by atoms with E-state index in [1.54, 1.807) is 6.92 Å². The lowest BCUT2D eigenvalue weighted by Gasteiger charge is -1.99. The van der Waals surface area contributed by atoms with Gasteiger partial charge in [-0.15, -0.1) is 0 Å². The standard InChI is InChI=1S/C8H8BrNO2/c1-2-12-8(11)7-4-3-6(9)5-10-7/h3-5H,2H2,1H3/i3D,4D,5D.